The Bertz CT molecular complexity index is 357. The van der Waals surface area contributed by atoms with E-state index < -0.39 is 6.43 Å². The molecule has 0 saturated carbocycles. The maximum absolute atomic E-state index is 11.9. The van der Waals surface area contributed by atoms with Gasteiger partial charge in [-0.15, -0.1) is 0 Å². The first-order valence-corrected chi connectivity index (χ1v) is 5.54. The molecule has 1 rings (SSSR count). The Hall–Kier alpha value is -1.30. The van der Waals surface area contributed by atoms with Gasteiger partial charge in [0, 0.05) is 23.8 Å². The molecule has 0 radical (unpaired) electrons. The summed E-state index contributed by atoms with van der Waals surface area (Å²) in [5, 5.41) is 5.85. The number of halogens is 2. The van der Waals surface area contributed by atoms with E-state index in [1.807, 2.05) is 20.8 Å². The van der Waals surface area contributed by atoms with Gasteiger partial charge < -0.3 is 10.6 Å². The highest BCUT2D eigenvalue weighted by atomic mass is 19.3. The molecule has 2 N–H and O–H groups in total. The molecule has 1 atom stereocenters. The van der Waals surface area contributed by atoms with Gasteiger partial charge in [-0.05, 0) is 20.8 Å². The van der Waals surface area contributed by atoms with E-state index in [9.17, 15) is 8.78 Å². The van der Waals surface area contributed by atoms with Crippen LogP contribution in [0.15, 0.2) is 6.33 Å². The summed E-state index contributed by atoms with van der Waals surface area (Å²) in [5.74, 6) is 0.754. The molecule has 0 amide bonds. The molecular weight excluding hydrogens is 226 g/mol. The maximum atomic E-state index is 11.9. The number of rotatable bonds is 6. The summed E-state index contributed by atoms with van der Waals surface area (Å²) in [7, 11) is 0. The minimum atomic E-state index is -2.31. The van der Waals surface area contributed by atoms with Crippen molar-refractivity contribution in [2.45, 2.75) is 33.2 Å². The summed E-state index contributed by atoms with van der Waals surface area (Å²) < 4.78 is 23.9. The lowest BCUT2D eigenvalue weighted by Gasteiger charge is -2.17. The first-order valence-electron chi connectivity index (χ1n) is 5.54. The lowest BCUT2D eigenvalue weighted by atomic mass is 10.2. The van der Waals surface area contributed by atoms with E-state index in [-0.39, 0.29) is 12.6 Å². The number of alkyl halides is 2. The molecule has 0 bridgehead atoms. The van der Waals surface area contributed by atoms with Crippen LogP contribution in [0.25, 0.3) is 0 Å². The van der Waals surface area contributed by atoms with Crippen molar-refractivity contribution >= 4 is 5.82 Å². The van der Waals surface area contributed by atoms with Crippen LogP contribution in [0.1, 0.15) is 18.2 Å². The van der Waals surface area contributed by atoms with Crippen LogP contribution < -0.4 is 10.6 Å². The Labute approximate surface area is 99.9 Å². The number of aryl methyl sites for hydroxylation is 1. The number of hydrogen-bond donors (Lipinski definition) is 2. The van der Waals surface area contributed by atoms with Crippen molar-refractivity contribution < 1.29 is 8.78 Å². The highest BCUT2D eigenvalue weighted by molar-refractivity contribution is 5.45. The predicted octanol–water partition coefficient (Wildman–Crippen LogP) is 1.75. The highest BCUT2D eigenvalue weighted by Crippen LogP contribution is 2.13. The van der Waals surface area contributed by atoms with Crippen molar-refractivity contribution in [1.82, 2.24) is 15.3 Å². The lowest BCUT2D eigenvalue weighted by Crippen LogP contribution is -2.33. The molecule has 6 heteroatoms. The predicted molar refractivity (Wildman–Crippen MR) is 63.5 cm³/mol. The van der Waals surface area contributed by atoms with Crippen molar-refractivity contribution in [2.24, 2.45) is 0 Å². The number of anilines is 1. The fraction of sp³-hybridized carbons (Fsp3) is 0.636. The molecular formula is C11H18F2N4. The molecule has 1 aromatic rings. The van der Waals surface area contributed by atoms with Gasteiger partial charge >= 0.3 is 0 Å². The second kappa shape index (κ2) is 6.44. The minimum absolute atomic E-state index is 0.0294. The summed E-state index contributed by atoms with van der Waals surface area (Å²) in [6, 6.07) is 0.0294. The van der Waals surface area contributed by atoms with E-state index in [0.29, 0.717) is 6.54 Å². The smallest absolute Gasteiger partial charge is 0.250 e. The average Bonchev–Trinajstić information content (AvgIpc) is 2.24. The van der Waals surface area contributed by atoms with Gasteiger partial charge in [-0.3, -0.25) is 0 Å². The summed E-state index contributed by atoms with van der Waals surface area (Å²) in [5.41, 5.74) is 1.89. The average molecular weight is 244 g/mol. The van der Waals surface area contributed by atoms with Crippen LogP contribution in [-0.2, 0) is 0 Å². The van der Waals surface area contributed by atoms with Crippen LogP contribution in [0, 0.1) is 13.8 Å². The van der Waals surface area contributed by atoms with E-state index >= 15 is 0 Å². The van der Waals surface area contributed by atoms with Gasteiger partial charge in [-0.25, -0.2) is 18.7 Å². The van der Waals surface area contributed by atoms with E-state index in [1.54, 1.807) is 0 Å². The molecule has 96 valence electrons. The Balaban J connectivity index is 2.45. The molecule has 1 heterocycles. The van der Waals surface area contributed by atoms with E-state index in [2.05, 4.69) is 20.6 Å². The van der Waals surface area contributed by atoms with Crippen molar-refractivity contribution in [1.29, 1.82) is 0 Å². The van der Waals surface area contributed by atoms with Crippen molar-refractivity contribution in [3.05, 3.63) is 17.6 Å². The number of hydrogen-bond acceptors (Lipinski definition) is 4. The van der Waals surface area contributed by atoms with Crippen molar-refractivity contribution in [2.75, 3.05) is 18.4 Å². The first-order chi connectivity index (χ1) is 8.00. The number of nitrogens with zero attached hydrogens (tertiary/aromatic N) is 2. The molecule has 0 aliphatic carbocycles. The molecule has 0 fully saturated rings. The minimum Gasteiger partial charge on any atom is -0.366 e. The van der Waals surface area contributed by atoms with Crippen LogP contribution in [0.2, 0.25) is 0 Å². The van der Waals surface area contributed by atoms with Crippen molar-refractivity contribution in [3.8, 4) is 0 Å². The highest BCUT2D eigenvalue weighted by Gasteiger charge is 2.08. The van der Waals surface area contributed by atoms with Crippen molar-refractivity contribution in [3.63, 3.8) is 0 Å². The second-order valence-corrected chi connectivity index (χ2v) is 4.03. The molecule has 0 saturated heterocycles. The third-order valence-electron chi connectivity index (χ3n) is 2.47. The Morgan fingerprint density at radius 1 is 1.24 bits per heavy atom. The Morgan fingerprint density at radius 3 is 2.59 bits per heavy atom. The summed E-state index contributed by atoms with van der Waals surface area (Å²) in [4.78, 5) is 8.19. The van der Waals surface area contributed by atoms with Gasteiger partial charge in [-0.2, -0.15) is 0 Å². The van der Waals surface area contributed by atoms with E-state index in [4.69, 9.17) is 0 Å². The Morgan fingerprint density at radius 2 is 1.94 bits per heavy atom. The van der Waals surface area contributed by atoms with Gasteiger partial charge in [0.2, 0.25) is 0 Å². The third kappa shape index (κ3) is 4.60. The molecule has 0 aliphatic rings. The molecule has 17 heavy (non-hydrogen) atoms. The molecule has 0 aliphatic heterocycles. The zero-order valence-electron chi connectivity index (χ0n) is 10.3. The molecule has 1 aromatic heterocycles. The normalized spacial score (nSPS) is 12.8. The standard InChI is InChI=1S/C11H18F2N4/c1-7(4-14-5-10(12)13)17-11-8(2)9(3)15-6-16-11/h6-7,10,14H,4-5H2,1-3H3,(H,15,16,17). The second-order valence-electron chi connectivity index (χ2n) is 4.03. The van der Waals surface area contributed by atoms with Gasteiger partial charge in [0.25, 0.3) is 6.43 Å². The zero-order valence-corrected chi connectivity index (χ0v) is 10.3. The van der Waals surface area contributed by atoms with Gasteiger partial charge in [0.05, 0.1) is 6.54 Å². The quantitative estimate of drug-likeness (QED) is 0.800. The first kappa shape index (κ1) is 13.8. The van der Waals surface area contributed by atoms with Gasteiger partial charge in [0.15, 0.2) is 0 Å². The van der Waals surface area contributed by atoms with Crippen LogP contribution in [0.3, 0.4) is 0 Å². The zero-order chi connectivity index (χ0) is 12.8. The fourth-order valence-corrected chi connectivity index (χ4v) is 1.38. The largest absolute Gasteiger partial charge is 0.366 e. The van der Waals surface area contributed by atoms with Crippen LogP contribution >= 0.6 is 0 Å². The summed E-state index contributed by atoms with van der Waals surface area (Å²) >= 11 is 0. The molecule has 1 unspecified atom stereocenters. The Kier molecular flexibility index (Phi) is 5.21. The number of nitrogens with one attached hydrogen (secondary N) is 2. The van der Waals surface area contributed by atoms with Gasteiger partial charge in [0.1, 0.15) is 12.1 Å². The fourth-order valence-electron chi connectivity index (χ4n) is 1.38. The SMILES string of the molecule is Cc1ncnc(NC(C)CNCC(F)F)c1C. The summed E-state index contributed by atoms with van der Waals surface area (Å²) in [6.45, 7) is 5.93. The van der Waals surface area contributed by atoms with Gasteiger partial charge in [-0.1, -0.05) is 0 Å². The topological polar surface area (TPSA) is 49.8 Å². The summed E-state index contributed by atoms with van der Waals surface area (Å²) in [6.07, 6.45) is -0.825. The van der Waals surface area contributed by atoms with E-state index in [1.165, 1.54) is 6.33 Å². The van der Waals surface area contributed by atoms with Crippen LogP contribution in [-0.4, -0.2) is 35.5 Å². The lowest BCUT2D eigenvalue weighted by molar-refractivity contribution is 0.146. The molecule has 4 nitrogen and oxygen atoms in total. The number of aromatic nitrogens is 2. The molecule has 0 spiro atoms. The monoisotopic (exact) mass is 244 g/mol. The van der Waals surface area contributed by atoms with Crippen LogP contribution in [0.4, 0.5) is 14.6 Å². The van der Waals surface area contributed by atoms with Crippen LogP contribution in [0.5, 0.6) is 0 Å². The van der Waals surface area contributed by atoms with E-state index in [0.717, 1.165) is 17.1 Å². The maximum Gasteiger partial charge on any atom is 0.250 e. The third-order valence-corrected chi connectivity index (χ3v) is 2.47. The molecule has 0 aromatic carbocycles.